The van der Waals surface area contributed by atoms with Crippen molar-refractivity contribution in [3.05, 3.63) is 35.9 Å². The predicted octanol–water partition coefficient (Wildman–Crippen LogP) is 1.39. The Balaban J connectivity index is 2.32. The number of nitrogens with zero attached hydrogens (tertiary/aromatic N) is 1. The van der Waals surface area contributed by atoms with Gasteiger partial charge in [0.2, 0.25) is 0 Å². The second-order valence-corrected chi connectivity index (χ2v) is 5.32. The van der Waals surface area contributed by atoms with Gasteiger partial charge in [0, 0.05) is 11.6 Å². The highest BCUT2D eigenvalue weighted by molar-refractivity contribution is 5.23. The predicted molar refractivity (Wildman–Crippen MR) is 69.6 cm³/mol. The van der Waals surface area contributed by atoms with Crippen molar-refractivity contribution < 1.29 is 5.11 Å². The molecular weight excluding hydrogens is 212 g/mol. The lowest BCUT2D eigenvalue weighted by molar-refractivity contribution is 0.0769. The zero-order valence-electron chi connectivity index (χ0n) is 10.6. The third-order valence-corrected chi connectivity index (χ3v) is 4.20. The smallest absolute Gasteiger partial charge is 0.0613 e. The summed E-state index contributed by atoms with van der Waals surface area (Å²) in [5.41, 5.74) is 7.04. The van der Waals surface area contributed by atoms with Gasteiger partial charge >= 0.3 is 0 Å². The molecule has 1 heterocycles. The molecule has 0 saturated carbocycles. The molecule has 3 atom stereocenters. The number of aliphatic hydroxyl groups excluding tert-OH is 1. The van der Waals surface area contributed by atoms with Gasteiger partial charge < -0.3 is 10.8 Å². The van der Waals surface area contributed by atoms with Crippen LogP contribution in [0.15, 0.2) is 30.3 Å². The zero-order chi connectivity index (χ0) is 12.5. The molecule has 1 aliphatic heterocycles. The van der Waals surface area contributed by atoms with E-state index in [9.17, 15) is 5.11 Å². The minimum Gasteiger partial charge on any atom is -0.394 e. The Bertz CT molecular complexity index is 368. The minimum atomic E-state index is -0.148. The van der Waals surface area contributed by atoms with E-state index in [0.717, 1.165) is 6.42 Å². The third-order valence-electron chi connectivity index (χ3n) is 4.20. The van der Waals surface area contributed by atoms with Gasteiger partial charge in [-0.3, -0.25) is 4.90 Å². The van der Waals surface area contributed by atoms with E-state index in [1.807, 2.05) is 6.07 Å². The molecule has 3 heteroatoms. The fourth-order valence-electron chi connectivity index (χ4n) is 3.01. The Kier molecular flexibility index (Phi) is 3.52. The monoisotopic (exact) mass is 234 g/mol. The number of likely N-dealkylation sites (N-methyl/N-ethyl adjacent to an activating group) is 1. The van der Waals surface area contributed by atoms with Crippen LogP contribution in [0.1, 0.15) is 24.9 Å². The van der Waals surface area contributed by atoms with E-state index in [1.165, 1.54) is 5.56 Å². The lowest BCUT2D eigenvalue weighted by atomic mass is 9.90. The minimum absolute atomic E-state index is 0.148. The first-order valence-corrected chi connectivity index (χ1v) is 6.21. The second-order valence-electron chi connectivity index (χ2n) is 5.32. The Hall–Kier alpha value is -0.900. The topological polar surface area (TPSA) is 49.5 Å². The fraction of sp³-hybridized carbons (Fsp3) is 0.571. The molecule has 2 rings (SSSR count). The maximum absolute atomic E-state index is 9.59. The average molecular weight is 234 g/mol. The van der Waals surface area contributed by atoms with Crippen molar-refractivity contribution in [2.45, 2.75) is 24.9 Å². The van der Waals surface area contributed by atoms with Crippen LogP contribution >= 0.6 is 0 Å². The fourth-order valence-corrected chi connectivity index (χ4v) is 3.01. The van der Waals surface area contributed by atoms with E-state index in [2.05, 4.69) is 43.1 Å². The van der Waals surface area contributed by atoms with Crippen molar-refractivity contribution in [1.82, 2.24) is 4.90 Å². The van der Waals surface area contributed by atoms with Crippen LogP contribution < -0.4 is 5.73 Å². The van der Waals surface area contributed by atoms with Gasteiger partial charge in [-0.2, -0.15) is 0 Å². The van der Waals surface area contributed by atoms with E-state index in [-0.39, 0.29) is 12.1 Å². The first-order valence-electron chi connectivity index (χ1n) is 6.21. The molecule has 3 N–H and O–H groups in total. The molecule has 1 aromatic carbocycles. The number of aliphatic hydroxyl groups is 1. The van der Waals surface area contributed by atoms with Gasteiger partial charge in [-0.1, -0.05) is 30.3 Å². The molecule has 3 nitrogen and oxygen atoms in total. The van der Waals surface area contributed by atoms with Gasteiger partial charge in [-0.05, 0) is 38.4 Å². The van der Waals surface area contributed by atoms with Crippen LogP contribution in [0, 0.1) is 5.92 Å². The molecule has 1 aliphatic rings. The Labute approximate surface area is 103 Å². The maximum Gasteiger partial charge on any atom is 0.0613 e. The summed E-state index contributed by atoms with van der Waals surface area (Å²) in [6, 6.07) is 10.8. The van der Waals surface area contributed by atoms with Crippen molar-refractivity contribution in [1.29, 1.82) is 0 Å². The molecule has 0 spiro atoms. The summed E-state index contributed by atoms with van der Waals surface area (Å²) >= 11 is 0. The molecule has 0 aromatic heterocycles. The lowest BCUT2D eigenvalue weighted by Crippen LogP contribution is -2.42. The summed E-state index contributed by atoms with van der Waals surface area (Å²) in [6.45, 7) is 2.96. The number of benzene rings is 1. The molecule has 1 fully saturated rings. The molecule has 0 unspecified atom stereocenters. The number of hydrogen-bond acceptors (Lipinski definition) is 3. The molecule has 1 saturated heterocycles. The first kappa shape index (κ1) is 12.6. The summed E-state index contributed by atoms with van der Waals surface area (Å²) in [5, 5.41) is 9.59. The summed E-state index contributed by atoms with van der Waals surface area (Å²) < 4.78 is 0. The van der Waals surface area contributed by atoms with E-state index >= 15 is 0 Å². The summed E-state index contributed by atoms with van der Waals surface area (Å²) in [7, 11) is 2.09. The van der Waals surface area contributed by atoms with Crippen LogP contribution in [0.25, 0.3) is 0 Å². The van der Waals surface area contributed by atoms with Gasteiger partial charge in [0.15, 0.2) is 0 Å². The molecule has 0 bridgehead atoms. The van der Waals surface area contributed by atoms with Gasteiger partial charge in [0.05, 0.1) is 6.61 Å². The van der Waals surface area contributed by atoms with Crippen molar-refractivity contribution in [3.63, 3.8) is 0 Å². The van der Waals surface area contributed by atoms with Crippen molar-refractivity contribution in [3.8, 4) is 0 Å². The highest BCUT2D eigenvalue weighted by Gasteiger charge is 2.46. The Morgan fingerprint density at radius 2 is 2.06 bits per heavy atom. The van der Waals surface area contributed by atoms with E-state index in [4.69, 9.17) is 5.73 Å². The second kappa shape index (κ2) is 4.77. The van der Waals surface area contributed by atoms with Crippen LogP contribution in [0.4, 0.5) is 0 Å². The van der Waals surface area contributed by atoms with E-state index in [0.29, 0.717) is 18.5 Å². The largest absolute Gasteiger partial charge is 0.394 e. The van der Waals surface area contributed by atoms with Crippen LogP contribution in [0.3, 0.4) is 0 Å². The lowest BCUT2D eigenvalue weighted by Gasteiger charge is -2.34. The Morgan fingerprint density at radius 1 is 1.41 bits per heavy atom. The summed E-state index contributed by atoms with van der Waals surface area (Å²) in [6.07, 6.45) is 0.954. The van der Waals surface area contributed by atoms with E-state index in [1.54, 1.807) is 0 Å². The van der Waals surface area contributed by atoms with Crippen molar-refractivity contribution >= 4 is 0 Å². The summed E-state index contributed by atoms with van der Waals surface area (Å²) in [5.74, 6) is 0.416. The van der Waals surface area contributed by atoms with Crippen LogP contribution in [-0.2, 0) is 0 Å². The average Bonchev–Trinajstić information content (AvgIpc) is 2.63. The Morgan fingerprint density at radius 3 is 2.59 bits per heavy atom. The van der Waals surface area contributed by atoms with Gasteiger partial charge in [0.1, 0.15) is 0 Å². The number of nitrogens with two attached hydrogens (primary N) is 1. The quantitative estimate of drug-likeness (QED) is 0.831. The molecule has 0 aliphatic carbocycles. The molecule has 0 amide bonds. The van der Waals surface area contributed by atoms with Gasteiger partial charge in [0.25, 0.3) is 0 Å². The standard InChI is InChI=1S/C14H22N2O/c1-14(10-17)8-12(9-15)13(16(14)2)11-6-4-3-5-7-11/h3-7,12-13,17H,8-10,15H2,1-2H3/t12-,13+,14-/m0/s1. The van der Waals surface area contributed by atoms with Gasteiger partial charge in [-0.25, -0.2) is 0 Å². The normalized spacial score (nSPS) is 34.1. The SMILES string of the molecule is CN1[C@H](c2ccccc2)[C@H](CN)C[C@@]1(C)CO. The molecule has 0 radical (unpaired) electrons. The number of rotatable bonds is 3. The van der Waals surface area contributed by atoms with Crippen molar-refractivity contribution in [2.75, 3.05) is 20.2 Å². The third kappa shape index (κ3) is 2.10. The molecule has 94 valence electrons. The first-order chi connectivity index (χ1) is 8.12. The zero-order valence-corrected chi connectivity index (χ0v) is 10.6. The highest BCUT2D eigenvalue weighted by atomic mass is 16.3. The van der Waals surface area contributed by atoms with Gasteiger partial charge in [-0.15, -0.1) is 0 Å². The van der Waals surface area contributed by atoms with Crippen LogP contribution in [-0.4, -0.2) is 35.7 Å². The molecule has 1 aromatic rings. The highest BCUT2D eigenvalue weighted by Crippen LogP contribution is 2.44. The number of hydrogen-bond donors (Lipinski definition) is 2. The van der Waals surface area contributed by atoms with Crippen LogP contribution in [0.2, 0.25) is 0 Å². The number of likely N-dealkylation sites (tertiary alicyclic amines) is 1. The van der Waals surface area contributed by atoms with Crippen LogP contribution in [0.5, 0.6) is 0 Å². The van der Waals surface area contributed by atoms with Crippen molar-refractivity contribution in [2.24, 2.45) is 11.7 Å². The van der Waals surface area contributed by atoms with E-state index < -0.39 is 0 Å². The molecular formula is C14H22N2O. The molecule has 17 heavy (non-hydrogen) atoms. The maximum atomic E-state index is 9.59. The summed E-state index contributed by atoms with van der Waals surface area (Å²) in [4.78, 5) is 2.28.